The molecule has 0 atom stereocenters. The zero-order chi connectivity index (χ0) is 10.1. The Hall–Kier alpha value is -1.69. The molecule has 1 amide bonds. The van der Waals surface area contributed by atoms with E-state index >= 15 is 0 Å². The largest absolute Gasteiger partial charge is 0.279 e. The van der Waals surface area contributed by atoms with Gasteiger partial charge < -0.3 is 0 Å². The molecule has 0 saturated heterocycles. The van der Waals surface area contributed by atoms with E-state index in [0.717, 1.165) is 0 Å². The van der Waals surface area contributed by atoms with Crippen LogP contribution >= 0.6 is 12.2 Å². The molecule has 5 nitrogen and oxygen atoms in total. The fraction of sp³-hybridized carbons (Fsp3) is 0.125. The molecule has 14 heavy (non-hydrogen) atoms. The smallest absolute Gasteiger partial charge is 0.265 e. The molecule has 0 aromatic carbocycles. The fourth-order valence-electron chi connectivity index (χ4n) is 1.16. The van der Waals surface area contributed by atoms with Crippen LogP contribution in [0.4, 0.5) is 0 Å². The summed E-state index contributed by atoms with van der Waals surface area (Å²) >= 11 is 4.93. The standard InChI is InChI=1S/C8H6N4OS/c1-2-3-12-7(13)5-4-9-11-6(5)10-8(12)14/h2,4H,1,3H2. The Morgan fingerprint density at radius 2 is 2.43 bits per heavy atom. The molecule has 0 bridgehead atoms. The van der Waals surface area contributed by atoms with E-state index in [1.165, 1.54) is 11.1 Å². The number of carbonyl (C=O) groups excluding carboxylic acids is 1. The van der Waals surface area contributed by atoms with Gasteiger partial charge in [-0.2, -0.15) is 10.1 Å². The first-order valence-corrected chi connectivity index (χ1v) is 4.31. The SMILES string of the molecule is C=CCN1C(=O)C2=CN=NC2=NC1=S. The molecule has 0 spiro atoms. The number of nitrogens with zero attached hydrogens (tertiary/aromatic N) is 4. The second-order valence-electron chi connectivity index (χ2n) is 2.68. The first-order valence-electron chi connectivity index (χ1n) is 3.91. The lowest BCUT2D eigenvalue weighted by molar-refractivity contribution is -0.122. The normalized spacial score (nSPS) is 19.3. The maximum Gasteiger partial charge on any atom is 0.265 e. The predicted molar refractivity (Wildman–Crippen MR) is 54.9 cm³/mol. The molecule has 0 aromatic rings. The van der Waals surface area contributed by atoms with Crippen LogP contribution in [0.25, 0.3) is 0 Å². The number of hydrogen-bond donors (Lipinski definition) is 0. The van der Waals surface area contributed by atoms with Gasteiger partial charge in [0.05, 0.1) is 6.20 Å². The van der Waals surface area contributed by atoms with Crippen molar-refractivity contribution in [2.24, 2.45) is 15.2 Å². The molecule has 0 aromatic heterocycles. The Kier molecular flexibility index (Phi) is 2.05. The number of amidine groups is 1. The van der Waals surface area contributed by atoms with Gasteiger partial charge in [0, 0.05) is 6.54 Å². The van der Waals surface area contributed by atoms with Crippen molar-refractivity contribution in [3.63, 3.8) is 0 Å². The molecule has 0 saturated carbocycles. The van der Waals surface area contributed by atoms with E-state index in [1.54, 1.807) is 6.08 Å². The molecule has 0 unspecified atom stereocenters. The lowest BCUT2D eigenvalue weighted by atomic mass is 10.2. The molecule has 2 heterocycles. The molecular weight excluding hydrogens is 200 g/mol. The minimum absolute atomic E-state index is 0.211. The lowest BCUT2D eigenvalue weighted by Gasteiger charge is -2.22. The lowest BCUT2D eigenvalue weighted by Crippen LogP contribution is -2.41. The van der Waals surface area contributed by atoms with Crippen LogP contribution in [0.1, 0.15) is 0 Å². The quantitative estimate of drug-likeness (QED) is 0.501. The van der Waals surface area contributed by atoms with Crippen LogP contribution in [0.3, 0.4) is 0 Å². The second kappa shape index (κ2) is 3.22. The summed E-state index contributed by atoms with van der Waals surface area (Å²) in [7, 11) is 0. The number of rotatable bonds is 2. The van der Waals surface area contributed by atoms with E-state index < -0.39 is 0 Å². The second-order valence-corrected chi connectivity index (χ2v) is 3.05. The molecule has 70 valence electrons. The average Bonchev–Trinajstić information content (AvgIpc) is 2.60. The van der Waals surface area contributed by atoms with E-state index in [-0.39, 0.29) is 11.0 Å². The van der Waals surface area contributed by atoms with Crippen LogP contribution < -0.4 is 0 Å². The Bertz CT molecular complexity index is 421. The maximum absolute atomic E-state index is 11.7. The van der Waals surface area contributed by atoms with Crippen molar-refractivity contribution in [1.82, 2.24) is 4.90 Å². The van der Waals surface area contributed by atoms with Crippen molar-refractivity contribution in [3.8, 4) is 0 Å². The van der Waals surface area contributed by atoms with Crippen molar-refractivity contribution >= 4 is 29.1 Å². The maximum atomic E-state index is 11.7. The van der Waals surface area contributed by atoms with Gasteiger partial charge in [0.25, 0.3) is 5.91 Å². The minimum Gasteiger partial charge on any atom is -0.279 e. The van der Waals surface area contributed by atoms with Crippen molar-refractivity contribution in [2.75, 3.05) is 6.54 Å². The Labute approximate surface area is 85.5 Å². The Balaban J connectivity index is 2.40. The Morgan fingerprint density at radius 1 is 1.64 bits per heavy atom. The van der Waals surface area contributed by atoms with E-state index in [4.69, 9.17) is 12.2 Å². The third-order valence-corrected chi connectivity index (χ3v) is 2.11. The van der Waals surface area contributed by atoms with E-state index in [0.29, 0.717) is 18.0 Å². The van der Waals surface area contributed by atoms with Gasteiger partial charge >= 0.3 is 0 Å². The molecule has 0 radical (unpaired) electrons. The van der Waals surface area contributed by atoms with Gasteiger partial charge in [-0.25, -0.2) is 0 Å². The van der Waals surface area contributed by atoms with Gasteiger partial charge in [-0.1, -0.05) is 6.08 Å². The summed E-state index contributed by atoms with van der Waals surface area (Å²) in [6.07, 6.45) is 2.98. The molecule has 0 aliphatic carbocycles. The Morgan fingerprint density at radius 3 is 3.14 bits per heavy atom. The van der Waals surface area contributed by atoms with E-state index in [9.17, 15) is 4.79 Å². The zero-order valence-electron chi connectivity index (χ0n) is 7.17. The summed E-state index contributed by atoms with van der Waals surface area (Å²) in [5, 5.41) is 7.49. The van der Waals surface area contributed by atoms with Crippen molar-refractivity contribution in [2.45, 2.75) is 0 Å². The van der Waals surface area contributed by atoms with Gasteiger partial charge in [0.2, 0.25) is 5.11 Å². The van der Waals surface area contributed by atoms with Crippen molar-refractivity contribution < 1.29 is 4.79 Å². The molecule has 2 aliphatic heterocycles. The van der Waals surface area contributed by atoms with Gasteiger partial charge in [-0.15, -0.1) is 11.7 Å². The number of thiocarbonyl (C=S) groups is 1. The van der Waals surface area contributed by atoms with Crippen LogP contribution in [-0.2, 0) is 4.79 Å². The molecule has 0 fully saturated rings. The molecule has 0 N–H and O–H groups in total. The summed E-state index contributed by atoms with van der Waals surface area (Å²) in [4.78, 5) is 17.1. The van der Waals surface area contributed by atoms with Crippen molar-refractivity contribution in [1.29, 1.82) is 0 Å². The van der Waals surface area contributed by atoms with E-state index in [2.05, 4.69) is 21.8 Å². The number of hydrogen-bond acceptors (Lipinski definition) is 4. The van der Waals surface area contributed by atoms with Crippen LogP contribution in [0.15, 0.2) is 39.6 Å². The van der Waals surface area contributed by atoms with Crippen LogP contribution in [0.5, 0.6) is 0 Å². The van der Waals surface area contributed by atoms with Gasteiger partial charge in [0.15, 0.2) is 5.84 Å². The highest BCUT2D eigenvalue weighted by molar-refractivity contribution is 7.80. The third kappa shape index (κ3) is 1.20. The number of amides is 1. The minimum atomic E-state index is -0.218. The molecule has 2 aliphatic rings. The monoisotopic (exact) mass is 206 g/mol. The highest BCUT2D eigenvalue weighted by Crippen LogP contribution is 2.18. The number of azo groups is 1. The number of aliphatic imine (C=N–C) groups is 1. The van der Waals surface area contributed by atoms with Gasteiger partial charge in [-0.05, 0) is 12.2 Å². The molecule has 6 heteroatoms. The number of fused-ring (bicyclic) bond motifs is 1. The highest BCUT2D eigenvalue weighted by Gasteiger charge is 2.31. The van der Waals surface area contributed by atoms with Crippen LogP contribution in [0.2, 0.25) is 0 Å². The van der Waals surface area contributed by atoms with Crippen molar-refractivity contribution in [3.05, 3.63) is 24.4 Å². The average molecular weight is 206 g/mol. The van der Waals surface area contributed by atoms with Crippen LogP contribution in [0, 0.1) is 0 Å². The summed E-state index contributed by atoms with van der Waals surface area (Å²) in [6.45, 7) is 3.89. The molecule has 2 rings (SSSR count). The topological polar surface area (TPSA) is 57.4 Å². The number of carbonyl (C=O) groups is 1. The predicted octanol–water partition coefficient (Wildman–Crippen LogP) is 1.05. The zero-order valence-corrected chi connectivity index (χ0v) is 7.99. The highest BCUT2D eigenvalue weighted by atomic mass is 32.1. The van der Waals surface area contributed by atoms with Gasteiger partial charge in [-0.3, -0.25) is 9.69 Å². The summed E-state index contributed by atoms with van der Waals surface area (Å²) < 4.78 is 0. The van der Waals surface area contributed by atoms with Crippen LogP contribution in [-0.4, -0.2) is 28.3 Å². The van der Waals surface area contributed by atoms with Gasteiger partial charge in [0.1, 0.15) is 5.57 Å². The van der Waals surface area contributed by atoms with E-state index in [1.807, 2.05) is 0 Å². The first-order chi connectivity index (χ1) is 6.74. The summed E-state index contributed by atoms with van der Waals surface area (Å²) in [6, 6.07) is 0. The third-order valence-electron chi connectivity index (χ3n) is 1.80. The molecular formula is C8H6N4OS. The summed E-state index contributed by atoms with van der Waals surface area (Å²) in [5.41, 5.74) is 0.389. The fourth-order valence-corrected chi connectivity index (χ4v) is 1.40. The summed E-state index contributed by atoms with van der Waals surface area (Å²) in [5.74, 6) is 0.0882. The first kappa shape index (κ1) is 8.89.